The lowest BCUT2D eigenvalue weighted by molar-refractivity contribution is -0.130. The Morgan fingerprint density at radius 1 is 1.44 bits per heavy atom. The van der Waals surface area contributed by atoms with E-state index in [-0.39, 0.29) is 11.3 Å². The van der Waals surface area contributed by atoms with E-state index in [1.54, 1.807) is 0 Å². The minimum absolute atomic E-state index is 0.194. The van der Waals surface area contributed by atoms with Gasteiger partial charge in [0.05, 0.1) is 5.41 Å². The SMILES string of the molecule is CCC(CC)C(C)NC(=O)C1(C)CCNC1. The standard InChI is InChI=1S/C13H26N2O/c1-5-11(6-2)10(3)15-12(16)13(4)7-8-14-9-13/h10-11,14H,5-9H2,1-4H3,(H,15,16). The Morgan fingerprint density at radius 3 is 2.50 bits per heavy atom. The molecular weight excluding hydrogens is 200 g/mol. The van der Waals surface area contributed by atoms with Gasteiger partial charge < -0.3 is 10.6 Å². The molecule has 0 aromatic rings. The Bertz CT molecular complexity index is 230. The van der Waals surface area contributed by atoms with Crippen LogP contribution in [0.3, 0.4) is 0 Å². The third-order valence-electron chi connectivity index (χ3n) is 4.03. The Labute approximate surface area is 99.4 Å². The van der Waals surface area contributed by atoms with Crippen molar-refractivity contribution in [2.24, 2.45) is 11.3 Å². The first-order valence-corrected chi connectivity index (χ1v) is 6.55. The Balaban J connectivity index is 2.50. The van der Waals surface area contributed by atoms with Crippen molar-refractivity contribution in [3.05, 3.63) is 0 Å². The molecule has 1 aliphatic heterocycles. The smallest absolute Gasteiger partial charge is 0.227 e. The normalized spacial score (nSPS) is 27.1. The highest BCUT2D eigenvalue weighted by molar-refractivity contribution is 5.83. The predicted molar refractivity (Wildman–Crippen MR) is 67.3 cm³/mol. The van der Waals surface area contributed by atoms with Gasteiger partial charge in [0.2, 0.25) is 5.91 Å². The summed E-state index contributed by atoms with van der Waals surface area (Å²) in [4.78, 5) is 12.2. The molecule has 2 unspecified atom stereocenters. The minimum Gasteiger partial charge on any atom is -0.353 e. The van der Waals surface area contributed by atoms with Crippen molar-refractivity contribution in [3.8, 4) is 0 Å². The summed E-state index contributed by atoms with van der Waals surface area (Å²) in [5.41, 5.74) is -0.194. The summed E-state index contributed by atoms with van der Waals surface area (Å²) in [5, 5.41) is 6.45. The Kier molecular flexibility index (Phi) is 4.78. The predicted octanol–water partition coefficient (Wildman–Crippen LogP) is 1.93. The molecule has 0 aromatic heterocycles. The number of carbonyl (C=O) groups excluding carboxylic acids is 1. The highest BCUT2D eigenvalue weighted by Gasteiger charge is 2.37. The summed E-state index contributed by atoms with van der Waals surface area (Å²) < 4.78 is 0. The average Bonchev–Trinajstić information content (AvgIpc) is 2.68. The number of hydrogen-bond donors (Lipinski definition) is 2. The van der Waals surface area contributed by atoms with Gasteiger partial charge in [-0.3, -0.25) is 4.79 Å². The van der Waals surface area contributed by atoms with Crippen LogP contribution < -0.4 is 10.6 Å². The molecule has 1 heterocycles. The second-order valence-corrected chi connectivity index (χ2v) is 5.33. The summed E-state index contributed by atoms with van der Waals surface area (Å²) in [6.07, 6.45) is 3.22. The topological polar surface area (TPSA) is 41.1 Å². The molecule has 16 heavy (non-hydrogen) atoms. The van der Waals surface area contributed by atoms with Crippen LogP contribution in [0.1, 0.15) is 47.0 Å². The summed E-state index contributed by atoms with van der Waals surface area (Å²) in [5.74, 6) is 0.818. The molecule has 1 fully saturated rings. The summed E-state index contributed by atoms with van der Waals surface area (Å²) in [6.45, 7) is 10.3. The quantitative estimate of drug-likeness (QED) is 0.752. The lowest BCUT2D eigenvalue weighted by atomic mass is 9.87. The van der Waals surface area contributed by atoms with E-state index in [9.17, 15) is 4.79 Å². The van der Waals surface area contributed by atoms with Gasteiger partial charge >= 0.3 is 0 Å². The molecular formula is C13H26N2O. The highest BCUT2D eigenvalue weighted by atomic mass is 16.2. The summed E-state index contributed by atoms with van der Waals surface area (Å²) in [7, 11) is 0. The van der Waals surface area contributed by atoms with Gasteiger partial charge in [-0.2, -0.15) is 0 Å². The van der Waals surface area contributed by atoms with Crippen LogP contribution in [0.4, 0.5) is 0 Å². The van der Waals surface area contributed by atoms with Gasteiger partial charge in [0, 0.05) is 12.6 Å². The first-order chi connectivity index (χ1) is 7.53. The van der Waals surface area contributed by atoms with E-state index in [1.807, 2.05) is 0 Å². The maximum absolute atomic E-state index is 12.2. The second-order valence-electron chi connectivity index (χ2n) is 5.33. The van der Waals surface area contributed by atoms with Crippen molar-refractivity contribution in [3.63, 3.8) is 0 Å². The molecule has 0 saturated carbocycles. The minimum atomic E-state index is -0.194. The lowest BCUT2D eigenvalue weighted by Crippen LogP contribution is -2.46. The van der Waals surface area contributed by atoms with Gasteiger partial charge in [-0.25, -0.2) is 0 Å². The van der Waals surface area contributed by atoms with Crippen molar-refractivity contribution < 1.29 is 4.79 Å². The number of nitrogens with one attached hydrogen (secondary N) is 2. The van der Waals surface area contributed by atoms with Crippen molar-refractivity contribution in [1.82, 2.24) is 10.6 Å². The molecule has 0 aliphatic carbocycles. The zero-order chi connectivity index (χ0) is 12.2. The van der Waals surface area contributed by atoms with Gasteiger partial charge in [0.25, 0.3) is 0 Å². The fraction of sp³-hybridized carbons (Fsp3) is 0.923. The van der Waals surface area contributed by atoms with Crippen molar-refractivity contribution >= 4 is 5.91 Å². The van der Waals surface area contributed by atoms with E-state index in [2.05, 4.69) is 38.3 Å². The van der Waals surface area contributed by atoms with Crippen LogP contribution in [0.5, 0.6) is 0 Å². The zero-order valence-electron chi connectivity index (χ0n) is 11.1. The fourth-order valence-electron chi connectivity index (χ4n) is 2.51. The largest absolute Gasteiger partial charge is 0.353 e. The molecule has 0 radical (unpaired) electrons. The van der Waals surface area contributed by atoms with E-state index in [1.165, 1.54) is 0 Å². The van der Waals surface area contributed by atoms with E-state index in [0.717, 1.165) is 32.4 Å². The lowest BCUT2D eigenvalue weighted by Gasteiger charge is -2.28. The number of hydrogen-bond acceptors (Lipinski definition) is 2. The van der Waals surface area contributed by atoms with Crippen molar-refractivity contribution in [2.75, 3.05) is 13.1 Å². The van der Waals surface area contributed by atoms with E-state index < -0.39 is 0 Å². The molecule has 1 amide bonds. The van der Waals surface area contributed by atoms with Gasteiger partial charge in [-0.1, -0.05) is 26.7 Å². The maximum Gasteiger partial charge on any atom is 0.227 e. The van der Waals surface area contributed by atoms with Crippen LogP contribution in [-0.2, 0) is 4.79 Å². The monoisotopic (exact) mass is 226 g/mol. The van der Waals surface area contributed by atoms with Crippen LogP contribution in [0.15, 0.2) is 0 Å². The van der Waals surface area contributed by atoms with Crippen molar-refractivity contribution in [2.45, 2.75) is 53.0 Å². The molecule has 2 atom stereocenters. The third-order valence-corrected chi connectivity index (χ3v) is 4.03. The molecule has 0 aromatic carbocycles. The van der Waals surface area contributed by atoms with E-state index in [0.29, 0.717) is 12.0 Å². The first-order valence-electron chi connectivity index (χ1n) is 6.55. The second kappa shape index (κ2) is 5.67. The first kappa shape index (κ1) is 13.5. The van der Waals surface area contributed by atoms with Gasteiger partial charge in [-0.05, 0) is 32.7 Å². The number of rotatable bonds is 5. The molecule has 0 spiro atoms. The maximum atomic E-state index is 12.2. The van der Waals surface area contributed by atoms with Crippen LogP contribution in [0.25, 0.3) is 0 Å². The highest BCUT2D eigenvalue weighted by Crippen LogP contribution is 2.25. The zero-order valence-corrected chi connectivity index (χ0v) is 11.1. The van der Waals surface area contributed by atoms with Crippen LogP contribution in [0.2, 0.25) is 0 Å². The molecule has 2 N–H and O–H groups in total. The van der Waals surface area contributed by atoms with E-state index >= 15 is 0 Å². The summed E-state index contributed by atoms with van der Waals surface area (Å²) >= 11 is 0. The Morgan fingerprint density at radius 2 is 2.06 bits per heavy atom. The molecule has 1 saturated heterocycles. The number of amides is 1. The number of carbonyl (C=O) groups is 1. The Hall–Kier alpha value is -0.570. The summed E-state index contributed by atoms with van der Waals surface area (Å²) in [6, 6.07) is 0.292. The van der Waals surface area contributed by atoms with Crippen LogP contribution in [-0.4, -0.2) is 25.0 Å². The van der Waals surface area contributed by atoms with Crippen LogP contribution in [0, 0.1) is 11.3 Å². The third kappa shape index (κ3) is 2.97. The molecule has 3 heteroatoms. The fourth-order valence-corrected chi connectivity index (χ4v) is 2.51. The van der Waals surface area contributed by atoms with E-state index in [4.69, 9.17) is 0 Å². The van der Waals surface area contributed by atoms with Gasteiger partial charge in [0.15, 0.2) is 0 Å². The van der Waals surface area contributed by atoms with Crippen molar-refractivity contribution in [1.29, 1.82) is 0 Å². The molecule has 1 aliphatic rings. The molecule has 1 rings (SSSR count). The van der Waals surface area contributed by atoms with Crippen LogP contribution >= 0.6 is 0 Å². The van der Waals surface area contributed by atoms with Gasteiger partial charge in [0.1, 0.15) is 0 Å². The molecule has 0 bridgehead atoms. The average molecular weight is 226 g/mol. The van der Waals surface area contributed by atoms with Gasteiger partial charge in [-0.15, -0.1) is 0 Å². The molecule has 94 valence electrons. The molecule has 3 nitrogen and oxygen atoms in total.